The molecule has 0 radical (unpaired) electrons. The Hall–Kier alpha value is -3.37. The molecule has 2 aromatic rings. The molecule has 1 unspecified atom stereocenters. The van der Waals surface area contributed by atoms with E-state index in [9.17, 15) is 31.5 Å². The number of hydroxylamine groups is 2. The molecule has 0 saturated heterocycles. The van der Waals surface area contributed by atoms with Gasteiger partial charge in [-0.15, -0.1) is 8.78 Å². The average molecular weight is 417 g/mol. The summed E-state index contributed by atoms with van der Waals surface area (Å²) in [6, 6.07) is 9.23. The van der Waals surface area contributed by atoms with Gasteiger partial charge in [0.2, 0.25) is 0 Å². The number of benzene rings is 2. The van der Waals surface area contributed by atoms with Crippen LogP contribution in [0.5, 0.6) is 11.5 Å². The van der Waals surface area contributed by atoms with E-state index in [0.29, 0.717) is 0 Å². The number of ether oxygens (including phenoxy) is 2. The van der Waals surface area contributed by atoms with Gasteiger partial charge in [-0.25, -0.2) is 4.79 Å². The minimum absolute atomic E-state index is 0.0931. The summed E-state index contributed by atoms with van der Waals surface area (Å²) in [6.07, 6.45) is -9.38. The number of hydrogen-bond acceptors (Lipinski definition) is 5. The Labute approximate surface area is 160 Å². The van der Waals surface area contributed by atoms with E-state index < -0.39 is 36.1 Å². The first-order chi connectivity index (χ1) is 13.5. The predicted octanol–water partition coefficient (Wildman–Crippen LogP) is 4.23. The van der Waals surface area contributed by atoms with Gasteiger partial charge in [0, 0.05) is 11.1 Å². The molecule has 6 nitrogen and oxygen atoms in total. The number of amides is 1. The van der Waals surface area contributed by atoms with Crippen molar-refractivity contribution in [3.63, 3.8) is 0 Å². The number of nitrogens with zero attached hydrogens (tertiary/aromatic N) is 1. The molecule has 0 saturated carbocycles. The van der Waals surface area contributed by atoms with Crippen molar-refractivity contribution in [1.29, 1.82) is 0 Å². The van der Waals surface area contributed by atoms with Crippen LogP contribution in [0.3, 0.4) is 0 Å². The largest absolute Gasteiger partial charge is 0.586 e. The molecule has 1 atom stereocenters. The van der Waals surface area contributed by atoms with Crippen molar-refractivity contribution in [3.05, 3.63) is 59.7 Å². The lowest BCUT2D eigenvalue weighted by atomic mass is 10.1. The van der Waals surface area contributed by atoms with Crippen LogP contribution in [-0.4, -0.2) is 29.4 Å². The second-order valence-corrected chi connectivity index (χ2v) is 5.89. The molecule has 0 bridgehead atoms. The fourth-order valence-electron chi connectivity index (χ4n) is 2.59. The molecule has 1 heterocycles. The van der Waals surface area contributed by atoms with E-state index in [-0.39, 0.29) is 21.9 Å². The first-order valence-electron chi connectivity index (χ1n) is 8.06. The molecule has 0 aliphatic carbocycles. The van der Waals surface area contributed by atoms with Gasteiger partial charge in [0.15, 0.2) is 11.5 Å². The number of hydrogen-bond donors (Lipinski definition) is 0. The van der Waals surface area contributed by atoms with Crippen molar-refractivity contribution >= 4 is 11.9 Å². The van der Waals surface area contributed by atoms with Crippen molar-refractivity contribution in [1.82, 2.24) is 5.06 Å². The monoisotopic (exact) mass is 417 g/mol. The normalized spacial score (nSPS) is 15.5. The Morgan fingerprint density at radius 1 is 1.03 bits per heavy atom. The van der Waals surface area contributed by atoms with Crippen LogP contribution in [0.4, 0.5) is 22.0 Å². The maximum atomic E-state index is 13.4. The Morgan fingerprint density at radius 2 is 1.69 bits per heavy atom. The SMILES string of the molecule is CC(c1cccc2c1OC(F)(F)O2)N(OC(=O)C(F)(F)F)C(=O)c1ccccc1. The van der Waals surface area contributed by atoms with Gasteiger partial charge in [-0.05, 0) is 25.1 Å². The highest BCUT2D eigenvalue weighted by atomic mass is 19.4. The minimum atomic E-state index is -5.39. The lowest BCUT2D eigenvalue weighted by Gasteiger charge is -2.28. The second-order valence-electron chi connectivity index (χ2n) is 5.89. The highest BCUT2D eigenvalue weighted by Crippen LogP contribution is 2.46. The van der Waals surface area contributed by atoms with Crippen LogP contribution in [-0.2, 0) is 9.63 Å². The fourth-order valence-corrected chi connectivity index (χ4v) is 2.59. The summed E-state index contributed by atoms with van der Waals surface area (Å²) in [6.45, 7) is 1.18. The third-order valence-electron chi connectivity index (χ3n) is 3.89. The second kappa shape index (κ2) is 7.22. The number of carbonyl (C=O) groups excluding carboxylic acids is 2. The van der Waals surface area contributed by atoms with Crippen molar-refractivity contribution < 1.29 is 45.9 Å². The maximum absolute atomic E-state index is 13.4. The van der Waals surface area contributed by atoms with E-state index in [4.69, 9.17) is 0 Å². The first kappa shape index (κ1) is 20.4. The van der Waals surface area contributed by atoms with Crippen LogP contribution in [0.25, 0.3) is 0 Å². The quantitative estimate of drug-likeness (QED) is 0.553. The van der Waals surface area contributed by atoms with E-state index in [1.54, 1.807) is 6.07 Å². The molecule has 1 aliphatic heterocycles. The zero-order chi connectivity index (χ0) is 21.4. The molecule has 0 fully saturated rings. The van der Waals surface area contributed by atoms with E-state index in [2.05, 4.69) is 14.3 Å². The van der Waals surface area contributed by atoms with Gasteiger partial charge in [-0.3, -0.25) is 4.79 Å². The van der Waals surface area contributed by atoms with Crippen molar-refractivity contribution in [2.45, 2.75) is 25.4 Å². The van der Waals surface area contributed by atoms with Gasteiger partial charge in [0.1, 0.15) is 0 Å². The summed E-state index contributed by atoms with van der Waals surface area (Å²) < 4.78 is 73.6. The maximum Gasteiger partial charge on any atom is 0.586 e. The molecular formula is C18H12F5NO5. The summed E-state index contributed by atoms with van der Waals surface area (Å²) in [5.41, 5.74) is -0.247. The van der Waals surface area contributed by atoms with Gasteiger partial charge in [0.25, 0.3) is 5.91 Å². The zero-order valence-electron chi connectivity index (χ0n) is 14.6. The number of carbonyl (C=O) groups is 2. The number of fused-ring (bicyclic) bond motifs is 1. The fraction of sp³-hybridized carbons (Fsp3) is 0.222. The average Bonchev–Trinajstić information content (AvgIpc) is 2.98. The van der Waals surface area contributed by atoms with Crippen molar-refractivity contribution in [2.75, 3.05) is 0 Å². The van der Waals surface area contributed by atoms with Crippen LogP contribution in [0.1, 0.15) is 28.9 Å². The summed E-state index contributed by atoms with van der Waals surface area (Å²) in [5, 5.41) is 0.153. The Bertz CT molecular complexity index is 932. The van der Waals surface area contributed by atoms with Crippen LogP contribution < -0.4 is 9.47 Å². The Balaban J connectivity index is 2.00. The van der Waals surface area contributed by atoms with Gasteiger partial charge in [0.05, 0.1) is 6.04 Å². The molecule has 1 aliphatic rings. The molecule has 3 rings (SSSR count). The summed E-state index contributed by atoms with van der Waals surface area (Å²) in [7, 11) is 0. The van der Waals surface area contributed by atoms with Crippen molar-refractivity contribution in [2.24, 2.45) is 0 Å². The molecule has 2 aromatic carbocycles. The summed E-state index contributed by atoms with van der Waals surface area (Å²) >= 11 is 0. The van der Waals surface area contributed by atoms with Crippen molar-refractivity contribution in [3.8, 4) is 11.5 Å². The van der Waals surface area contributed by atoms with Crippen LogP contribution in [0.15, 0.2) is 48.5 Å². The number of alkyl halides is 5. The molecule has 0 spiro atoms. The van der Waals surface area contributed by atoms with Gasteiger partial charge >= 0.3 is 18.4 Å². The molecule has 0 N–H and O–H groups in total. The smallest absolute Gasteiger partial charge is 0.395 e. The zero-order valence-corrected chi connectivity index (χ0v) is 14.6. The third-order valence-corrected chi connectivity index (χ3v) is 3.89. The number of para-hydroxylation sites is 1. The van der Waals surface area contributed by atoms with E-state index in [1.165, 1.54) is 43.3 Å². The number of halogens is 5. The molecule has 0 aromatic heterocycles. The van der Waals surface area contributed by atoms with Crippen LogP contribution in [0.2, 0.25) is 0 Å². The molecule has 1 amide bonds. The van der Waals surface area contributed by atoms with E-state index in [1.807, 2.05) is 0 Å². The predicted molar refractivity (Wildman–Crippen MR) is 85.8 cm³/mol. The highest BCUT2D eigenvalue weighted by molar-refractivity contribution is 5.94. The van der Waals surface area contributed by atoms with Gasteiger partial charge < -0.3 is 14.3 Å². The first-order valence-corrected chi connectivity index (χ1v) is 8.06. The van der Waals surface area contributed by atoms with Gasteiger partial charge in [-0.1, -0.05) is 30.3 Å². The Morgan fingerprint density at radius 3 is 2.31 bits per heavy atom. The lowest BCUT2D eigenvalue weighted by molar-refractivity contribution is -0.287. The molecular weight excluding hydrogens is 405 g/mol. The molecule has 29 heavy (non-hydrogen) atoms. The minimum Gasteiger partial charge on any atom is -0.395 e. The highest BCUT2D eigenvalue weighted by Gasteiger charge is 2.47. The topological polar surface area (TPSA) is 65.1 Å². The van der Waals surface area contributed by atoms with E-state index >= 15 is 0 Å². The molecule has 154 valence electrons. The summed E-state index contributed by atoms with van der Waals surface area (Å²) in [4.78, 5) is 28.4. The van der Waals surface area contributed by atoms with E-state index in [0.717, 1.165) is 6.07 Å². The van der Waals surface area contributed by atoms with Gasteiger partial charge in [-0.2, -0.15) is 18.2 Å². The summed E-state index contributed by atoms with van der Waals surface area (Å²) in [5.74, 6) is -4.62. The standard InChI is InChI=1S/C18H12F5NO5/c1-10(12-8-5-9-13-14(12)28-18(22,23)27-13)24(29-16(26)17(19,20)21)15(25)11-6-3-2-4-7-11/h2-10H,1H3. The lowest BCUT2D eigenvalue weighted by Crippen LogP contribution is -2.40. The number of rotatable bonds is 3. The van der Waals surface area contributed by atoms with Crippen LogP contribution in [0, 0.1) is 0 Å². The van der Waals surface area contributed by atoms with Crippen LogP contribution >= 0.6 is 0 Å². The third kappa shape index (κ3) is 4.23. The molecule has 11 heteroatoms. The Kier molecular flexibility index (Phi) is 5.07.